The Hall–Kier alpha value is -3.18. The lowest BCUT2D eigenvalue weighted by Crippen LogP contribution is -2.52. The van der Waals surface area contributed by atoms with Crippen molar-refractivity contribution in [1.82, 2.24) is 34.8 Å². The number of amides is 2. The fourth-order valence-corrected chi connectivity index (χ4v) is 6.63. The number of likely N-dealkylation sites (tertiary alicyclic amines) is 2. The Kier molecular flexibility index (Phi) is 5.81. The minimum absolute atomic E-state index is 0.0375. The van der Waals surface area contributed by atoms with Crippen molar-refractivity contribution in [2.24, 2.45) is 5.92 Å². The number of nitrogens with zero attached hydrogens (tertiary/aromatic N) is 7. The number of H-pyrrole nitrogens is 1. The molecule has 1 saturated carbocycles. The SMILES string of the molecule is COC1CN(c2c3cnc(-c4[nH]ncc4NC(=O)N4CCCCC45CC5)cc3nn2CC2CCN(C)C2)C1. The van der Waals surface area contributed by atoms with Crippen LogP contribution in [0.2, 0.25) is 0 Å². The van der Waals surface area contributed by atoms with Gasteiger partial charge in [0.1, 0.15) is 11.5 Å². The van der Waals surface area contributed by atoms with Crippen molar-refractivity contribution in [3.05, 3.63) is 18.5 Å². The molecule has 4 fully saturated rings. The summed E-state index contributed by atoms with van der Waals surface area (Å²) in [5, 5.41) is 16.5. The number of carbonyl (C=O) groups excluding carboxylic acids is 1. The highest BCUT2D eigenvalue weighted by Gasteiger charge is 2.51. The highest BCUT2D eigenvalue weighted by molar-refractivity contribution is 5.96. The number of urea groups is 1. The molecule has 38 heavy (non-hydrogen) atoms. The van der Waals surface area contributed by atoms with Crippen molar-refractivity contribution in [3.8, 4) is 11.4 Å². The summed E-state index contributed by atoms with van der Waals surface area (Å²) in [6.07, 6.45) is 10.6. The van der Waals surface area contributed by atoms with E-state index in [1.807, 2.05) is 17.2 Å². The Labute approximate surface area is 222 Å². The topological polar surface area (TPSA) is 107 Å². The third kappa shape index (κ3) is 4.12. The van der Waals surface area contributed by atoms with E-state index in [0.717, 1.165) is 87.4 Å². The number of hydrogen-bond acceptors (Lipinski definition) is 7. The highest BCUT2D eigenvalue weighted by atomic mass is 16.5. The number of anilines is 2. The van der Waals surface area contributed by atoms with Gasteiger partial charge in [-0.25, -0.2) is 9.48 Å². The van der Waals surface area contributed by atoms with Gasteiger partial charge >= 0.3 is 6.03 Å². The van der Waals surface area contributed by atoms with Gasteiger partial charge in [-0.1, -0.05) is 0 Å². The molecular weight excluding hydrogens is 482 g/mol. The van der Waals surface area contributed by atoms with Crippen LogP contribution in [0.5, 0.6) is 0 Å². The number of ether oxygens (including phenoxy) is 1. The number of rotatable bonds is 6. The average molecular weight is 520 g/mol. The number of hydrogen-bond donors (Lipinski definition) is 2. The standard InChI is InChI=1S/C27H37N9O2/c1-33-10-5-18(14-33)15-36-25(34-16-19(17-34)38-2)20-12-28-22(11-21(20)32-36)24-23(13-29-31-24)30-26(37)35-9-4-3-6-27(35)7-8-27/h11-13,18-19H,3-10,14-17H2,1-2H3,(H,29,31)(H,30,37). The minimum atomic E-state index is -0.0375. The molecule has 2 N–H and O–H groups in total. The molecule has 1 unspecified atom stereocenters. The molecule has 7 rings (SSSR count). The van der Waals surface area contributed by atoms with Crippen LogP contribution in [-0.4, -0.2) is 99.3 Å². The van der Waals surface area contributed by atoms with E-state index in [1.165, 1.54) is 12.8 Å². The van der Waals surface area contributed by atoms with Gasteiger partial charge in [-0.2, -0.15) is 10.2 Å². The molecule has 3 saturated heterocycles. The molecule has 0 radical (unpaired) electrons. The number of aromatic amines is 1. The van der Waals surface area contributed by atoms with Crippen LogP contribution in [0.4, 0.5) is 16.3 Å². The molecular formula is C27H37N9O2. The summed E-state index contributed by atoms with van der Waals surface area (Å²) in [6, 6.07) is 1.97. The second kappa shape index (κ2) is 9.23. The van der Waals surface area contributed by atoms with Gasteiger partial charge in [-0.15, -0.1) is 0 Å². The minimum Gasteiger partial charge on any atom is -0.378 e. The van der Waals surface area contributed by atoms with Crippen LogP contribution in [-0.2, 0) is 11.3 Å². The lowest BCUT2D eigenvalue weighted by Gasteiger charge is -2.40. The summed E-state index contributed by atoms with van der Waals surface area (Å²) in [6.45, 7) is 5.66. The summed E-state index contributed by atoms with van der Waals surface area (Å²) in [4.78, 5) is 24.8. The number of nitrogens with one attached hydrogen (secondary N) is 2. The first-order valence-corrected chi connectivity index (χ1v) is 14.0. The molecule has 11 nitrogen and oxygen atoms in total. The second-order valence-electron chi connectivity index (χ2n) is 11.7. The number of methoxy groups -OCH3 is 1. The number of pyridine rings is 1. The lowest BCUT2D eigenvalue weighted by molar-refractivity contribution is 0.0778. The first kappa shape index (κ1) is 23.9. The van der Waals surface area contributed by atoms with Crippen molar-refractivity contribution < 1.29 is 9.53 Å². The van der Waals surface area contributed by atoms with E-state index in [0.29, 0.717) is 17.3 Å². The van der Waals surface area contributed by atoms with Crippen LogP contribution >= 0.6 is 0 Å². The van der Waals surface area contributed by atoms with Crippen LogP contribution in [0.1, 0.15) is 38.5 Å². The summed E-state index contributed by atoms with van der Waals surface area (Å²) < 4.78 is 7.72. The Balaban J connectivity index is 1.17. The van der Waals surface area contributed by atoms with Crippen LogP contribution in [0.25, 0.3) is 22.3 Å². The van der Waals surface area contributed by atoms with Crippen LogP contribution in [0.3, 0.4) is 0 Å². The molecule has 4 aliphatic rings. The zero-order valence-corrected chi connectivity index (χ0v) is 22.3. The van der Waals surface area contributed by atoms with Crippen molar-refractivity contribution >= 4 is 28.4 Å². The van der Waals surface area contributed by atoms with Gasteiger partial charge in [0.15, 0.2) is 0 Å². The maximum Gasteiger partial charge on any atom is 0.322 e. The number of carbonyl (C=O) groups is 1. The van der Waals surface area contributed by atoms with E-state index in [2.05, 4.69) is 37.0 Å². The van der Waals surface area contributed by atoms with E-state index >= 15 is 0 Å². The zero-order chi connectivity index (χ0) is 25.9. The highest BCUT2D eigenvalue weighted by Crippen LogP contribution is 2.48. The molecule has 1 aliphatic carbocycles. The van der Waals surface area contributed by atoms with E-state index in [9.17, 15) is 4.79 Å². The Bertz CT molecular complexity index is 1340. The smallest absolute Gasteiger partial charge is 0.322 e. The molecule has 11 heteroatoms. The summed E-state index contributed by atoms with van der Waals surface area (Å²) in [5.74, 6) is 1.71. The molecule has 202 valence electrons. The van der Waals surface area contributed by atoms with Crippen molar-refractivity contribution in [2.45, 2.75) is 56.7 Å². The Morgan fingerprint density at radius 2 is 2.05 bits per heavy atom. The molecule has 0 aromatic carbocycles. The van der Waals surface area contributed by atoms with Gasteiger partial charge in [0, 0.05) is 51.6 Å². The predicted molar refractivity (Wildman–Crippen MR) is 145 cm³/mol. The van der Waals surface area contributed by atoms with E-state index < -0.39 is 0 Å². The zero-order valence-electron chi connectivity index (χ0n) is 22.3. The quantitative estimate of drug-likeness (QED) is 0.515. The van der Waals surface area contributed by atoms with Gasteiger partial charge in [0.2, 0.25) is 0 Å². The summed E-state index contributed by atoms with van der Waals surface area (Å²) in [5.41, 5.74) is 3.07. The largest absolute Gasteiger partial charge is 0.378 e. The van der Waals surface area contributed by atoms with Gasteiger partial charge in [0.05, 0.1) is 34.6 Å². The van der Waals surface area contributed by atoms with E-state index in [-0.39, 0.29) is 17.7 Å². The summed E-state index contributed by atoms with van der Waals surface area (Å²) >= 11 is 0. The number of aromatic nitrogens is 5. The van der Waals surface area contributed by atoms with Crippen molar-refractivity contribution in [1.29, 1.82) is 0 Å². The predicted octanol–water partition coefficient (Wildman–Crippen LogP) is 3.16. The van der Waals surface area contributed by atoms with E-state index in [4.69, 9.17) is 14.8 Å². The molecule has 3 aliphatic heterocycles. The number of piperidine rings is 1. The monoisotopic (exact) mass is 519 g/mol. The average Bonchev–Trinajstić information content (AvgIpc) is 3.20. The maximum absolute atomic E-state index is 13.2. The molecule has 3 aromatic heterocycles. The molecule has 1 spiro atoms. The van der Waals surface area contributed by atoms with Gasteiger partial charge in [-0.05, 0) is 64.1 Å². The fraction of sp³-hybridized carbons (Fsp3) is 0.630. The maximum atomic E-state index is 13.2. The number of fused-ring (bicyclic) bond motifs is 1. The summed E-state index contributed by atoms with van der Waals surface area (Å²) in [7, 11) is 3.96. The van der Waals surface area contributed by atoms with Crippen molar-refractivity contribution in [2.75, 3.05) is 57.1 Å². The van der Waals surface area contributed by atoms with Crippen LogP contribution in [0, 0.1) is 5.92 Å². The molecule has 0 bridgehead atoms. The molecule has 3 aromatic rings. The third-order valence-corrected chi connectivity index (χ3v) is 9.05. The third-order valence-electron chi connectivity index (χ3n) is 9.05. The first-order valence-electron chi connectivity index (χ1n) is 14.0. The lowest BCUT2D eigenvalue weighted by atomic mass is 10.0. The van der Waals surface area contributed by atoms with E-state index in [1.54, 1.807) is 13.3 Å². The fourth-order valence-electron chi connectivity index (χ4n) is 6.63. The van der Waals surface area contributed by atoms with Gasteiger partial charge in [0.25, 0.3) is 0 Å². The molecule has 6 heterocycles. The second-order valence-corrected chi connectivity index (χ2v) is 11.7. The normalized spacial score (nSPS) is 23.4. The molecule has 1 atom stereocenters. The Morgan fingerprint density at radius 1 is 1.18 bits per heavy atom. The van der Waals surface area contributed by atoms with Crippen LogP contribution in [0.15, 0.2) is 18.5 Å². The van der Waals surface area contributed by atoms with Gasteiger partial charge < -0.3 is 24.8 Å². The van der Waals surface area contributed by atoms with Crippen LogP contribution < -0.4 is 10.2 Å². The Morgan fingerprint density at radius 3 is 2.82 bits per heavy atom. The first-order chi connectivity index (χ1) is 18.5. The van der Waals surface area contributed by atoms with Gasteiger partial charge in [-0.3, -0.25) is 10.1 Å². The molecule has 2 amide bonds. The van der Waals surface area contributed by atoms with Crippen molar-refractivity contribution in [3.63, 3.8) is 0 Å².